The van der Waals surface area contributed by atoms with Gasteiger partial charge in [0.15, 0.2) is 0 Å². The Morgan fingerprint density at radius 2 is 1.73 bits per heavy atom. The SMILES string of the molecule is C1=CC(N2CCc3ccccc32)N=C(c2ccc(-n3c4ccccc4c4ccsc43)cc2)N1. The molecule has 0 radical (unpaired) electrons. The lowest BCUT2D eigenvalue weighted by Crippen LogP contribution is -2.36. The zero-order valence-corrected chi connectivity index (χ0v) is 18.8. The Hall–Kier alpha value is -3.83. The van der Waals surface area contributed by atoms with Crippen LogP contribution < -0.4 is 10.2 Å². The molecule has 0 aliphatic carbocycles. The van der Waals surface area contributed by atoms with Crippen molar-refractivity contribution in [3.63, 3.8) is 0 Å². The first-order valence-corrected chi connectivity index (χ1v) is 12.2. The van der Waals surface area contributed by atoms with Gasteiger partial charge in [0.2, 0.25) is 0 Å². The van der Waals surface area contributed by atoms with Crippen LogP contribution in [-0.2, 0) is 6.42 Å². The molecule has 2 aliphatic rings. The summed E-state index contributed by atoms with van der Waals surface area (Å²) in [5.74, 6) is 0.914. The van der Waals surface area contributed by atoms with E-state index in [2.05, 4.69) is 105 Å². The molecule has 5 aromatic rings. The van der Waals surface area contributed by atoms with Gasteiger partial charge in [-0.2, -0.15) is 0 Å². The molecule has 4 nitrogen and oxygen atoms in total. The van der Waals surface area contributed by atoms with Crippen LogP contribution in [0.1, 0.15) is 11.1 Å². The number of hydrogen-bond donors (Lipinski definition) is 1. The van der Waals surface area contributed by atoms with Crippen molar-refractivity contribution in [3.05, 3.63) is 108 Å². The van der Waals surface area contributed by atoms with Gasteiger partial charge in [0.05, 0.1) is 5.52 Å². The number of aromatic nitrogens is 1. The summed E-state index contributed by atoms with van der Waals surface area (Å²) in [6.07, 6.45) is 5.26. The van der Waals surface area contributed by atoms with Crippen LogP contribution in [0.25, 0.3) is 26.8 Å². The van der Waals surface area contributed by atoms with E-state index in [-0.39, 0.29) is 6.17 Å². The second-order valence-corrected chi connectivity index (χ2v) is 9.40. The van der Waals surface area contributed by atoms with Gasteiger partial charge in [0.1, 0.15) is 16.8 Å². The first-order chi connectivity index (χ1) is 16.4. The Balaban J connectivity index is 1.24. The number of thiophene rings is 1. The number of rotatable bonds is 3. The molecule has 0 spiro atoms. The third kappa shape index (κ3) is 2.93. The number of nitrogens with one attached hydrogen (secondary N) is 1. The fraction of sp³-hybridized carbons (Fsp3) is 0.107. The molecule has 0 bridgehead atoms. The molecule has 1 N–H and O–H groups in total. The fourth-order valence-electron chi connectivity index (χ4n) is 5.11. The van der Waals surface area contributed by atoms with Gasteiger partial charge in [-0.3, -0.25) is 0 Å². The molecule has 0 fully saturated rings. The monoisotopic (exact) mass is 446 g/mol. The highest BCUT2D eigenvalue weighted by molar-refractivity contribution is 7.17. The summed E-state index contributed by atoms with van der Waals surface area (Å²) in [6, 6.07) is 28.2. The molecule has 1 unspecified atom stereocenters. The first kappa shape index (κ1) is 18.7. The zero-order valence-electron chi connectivity index (χ0n) is 18.0. The van der Waals surface area contributed by atoms with Crippen molar-refractivity contribution in [1.29, 1.82) is 0 Å². The van der Waals surface area contributed by atoms with Crippen LogP contribution in [0, 0.1) is 0 Å². The molecule has 33 heavy (non-hydrogen) atoms. The summed E-state index contributed by atoms with van der Waals surface area (Å²) in [5, 5.41) is 8.15. The van der Waals surface area contributed by atoms with Crippen LogP contribution in [0.15, 0.2) is 102 Å². The van der Waals surface area contributed by atoms with Gasteiger partial charge in [0.25, 0.3) is 0 Å². The highest BCUT2D eigenvalue weighted by atomic mass is 32.1. The van der Waals surface area contributed by atoms with E-state index in [1.165, 1.54) is 38.1 Å². The van der Waals surface area contributed by atoms with Crippen molar-refractivity contribution in [3.8, 4) is 5.69 Å². The van der Waals surface area contributed by atoms with Crippen molar-refractivity contribution >= 4 is 44.0 Å². The van der Waals surface area contributed by atoms with E-state index in [4.69, 9.17) is 4.99 Å². The Morgan fingerprint density at radius 3 is 2.67 bits per heavy atom. The van der Waals surface area contributed by atoms with Gasteiger partial charge >= 0.3 is 0 Å². The molecule has 7 rings (SSSR count). The topological polar surface area (TPSA) is 32.6 Å². The van der Waals surface area contributed by atoms with E-state index in [0.29, 0.717) is 0 Å². The molecule has 3 aromatic carbocycles. The van der Waals surface area contributed by atoms with Gasteiger partial charge in [-0.05, 0) is 65.9 Å². The lowest BCUT2D eigenvalue weighted by Gasteiger charge is -2.28. The van der Waals surface area contributed by atoms with Crippen LogP contribution in [0.5, 0.6) is 0 Å². The van der Waals surface area contributed by atoms with Crippen LogP contribution in [0.3, 0.4) is 0 Å². The minimum atomic E-state index is 0.0173. The summed E-state index contributed by atoms with van der Waals surface area (Å²) >= 11 is 1.79. The number of fused-ring (bicyclic) bond motifs is 4. The highest BCUT2D eigenvalue weighted by Crippen LogP contribution is 2.35. The largest absolute Gasteiger partial charge is 0.347 e. The van der Waals surface area contributed by atoms with Gasteiger partial charge in [-0.1, -0.05) is 36.4 Å². The third-order valence-electron chi connectivity index (χ3n) is 6.67. The molecule has 4 heterocycles. The predicted octanol–water partition coefficient (Wildman–Crippen LogP) is 6.10. The number of aliphatic imine (C=N–C) groups is 1. The number of para-hydroxylation sites is 2. The lowest BCUT2D eigenvalue weighted by atomic mass is 10.1. The zero-order chi connectivity index (χ0) is 21.8. The molecule has 2 aliphatic heterocycles. The maximum atomic E-state index is 5.06. The Labute approximate surface area is 196 Å². The molecule has 2 aromatic heterocycles. The van der Waals surface area contributed by atoms with E-state index < -0.39 is 0 Å². The second-order valence-electron chi connectivity index (χ2n) is 8.51. The average Bonchev–Trinajstić information content (AvgIpc) is 3.59. The summed E-state index contributed by atoms with van der Waals surface area (Å²) < 4.78 is 2.36. The fourth-order valence-corrected chi connectivity index (χ4v) is 6.05. The molecule has 1 atom stereocenters. The highest BCUT2D eigenvalue weighted by Gasteiger charge is 2.25. The third-order valence-corrected chi connectivity index (χ3v) is 7.57. The Morgan fingerprint density at radius 1 is 0.879 bits per heavy atom. The standard InChI is InChI=1S/C28H22N4S/c1-3-7-24-19(5-1)14-17-31(24)26-13-16-29-27(30-26)20-9-11-21(12-10-20)32-25-8-4-2-6-22(25)23-15-18-33-28(23)32/h1-13,15-16,18,26H,14,17H2,(H,29,30). The molecule has 5 heteroatoms. The maximum Gasteiger partial charge on any atom is 0.144 e. The van der Waals surface area contributed by atoms with Crippen LogP contribution in [-0.4, -0.2) is 23.1 Å². The van der Waals surface area contributed by atoms with Gasteiger partial charge in [0, 0.05) is 40.5 Å². The predicted molar refractivity (Wildman–Crippen MR) is 139 cm³/mol. The average molecular weight is 447 g/mol. The van der Waals surface area contributed by atoms with Crippen LogP contribution >= 0.6 is 11.3 Å². The molecule has 0 amide bonds. The van der Waals surface area contributed by atoms with Gasteiger partial charge in [-0.15, -0.1) is 11.3 Å². The van der Waals surface area contributed by atoms with Crippen LogP contribution in [0.4, 0.5) is 5.69 Å². The summed E-state index contributed by atoms with van der Waals surface area (Å²) in [7, 11) is 0. The molecular formula is C28H22N4S. The van der Waals surface area contributed by atoms with Gasteiger partial charge < -0.3 is 14.8 Å². The number of benzene rings is 3. The van der Waals surface area contributed by atoms with E-state index >= 15 is 0 Å². The Kier molecular flexibility index (Phi) is 4.17. The second kappa shape index (κ2) is 7.36. The molecular weight excluding hydrogens is 424 g/mol. The van der Waals surface area contributed by atoms with Crippen molar-refractivity contribution in [2.24, 2.45) is 4.99 Å². The first-order valence-electron chi connectivity index (χ1n) is 11.3. The van der Waals surface area contributed by atoms with E-state index in [0.717, 1.165) is 24.4 Å². The maximum absolute atomic E-state index is 5.06. The quantitative estimate of drug-likeness (QED) is 0.363. The van der Waals surface area contributed by atoms with E-state index in [1.807, 2.05) is 6.20 Å². The minimum absolute atomic E-state index is 0.0173. The number of anilines is 1. The number of hydrogen-bond acceptors (Lipinski definition) is 4. The smallest absolute Gasteiger partial charge is 0.144 e. The number of nitrogens with zero attached hydrogens (tertiary/aromatic N) is 3. The molecule has 0 saturated carbocycles. The van der Waals surface area contributed by atoms with Crippen molar-refractivity contribution in [1.82, 2.24) is 9.88 Å². The normalized spacial score (nSPS) is 17.4. The number of amidine groups is 1. The minimum Gasteiger partial charge on any atom is -0.347 e. The van der Waals surface area contributed by atoms with Gasteiger partial charge in [-0.25, -0.2) is 4.99 Å². The summed E-state index contributed by atoms with van der Waals surface area (Å²) in [4.78, 5) is 8.73. The summed E-state index contributed by atoms with van der Waals surface area (Å²) in [6.45, 7) is 1.00. The molecule has 160 valence electrons. The van der Waals surface area contributed by atoms with Crippen molar-refractivity contribution < 1.29 is 0 Å². The molecule has 0 saturated heterocycles. The van der Waals surface area contributed by atoms with Crippen molar-refractivity contribution in [2.45, 2.75) is 12.6 Å². The summed E-state index contributed by atoms with van der Waals surface area (Å²) in [5.41, 5.74) is 6.22. The Bertz CT molecular complexity index is 1550. The van der Waals surface area contributed by atoms with E-state index in [9.17, 15) is 0 Å². The van der Waals surface area contributed by atoms with Crippen molar-refractivity contribution in [2.75, 3.05) is 11.4 Å². The van der Waals surface area contributed by atoms with Crippen LogP contribution in [0.2, 0.25) is 0 Å². The van der Waals surface area contributed by atoms with E-state index in [1.54, 1.807) is 11.3 Å². The lowest BCUT2D eigenvalue weighted by molar-refractivity contribution is 0.725.